The van der Waals surface area contributed by atoms with Crippen molar-refractivity contribution >= 4 is 21.1 Å². The molecule has 2 heterocycles. The van der Waals surface area contributed by atoms with E-state index in [9.17, 15) is 8.42 Å². The number of nitrogens with zero attached hydrogens (tertiary/aromatic N) is 3. The molecule has 1 aliphatic heterocycles. The number of sulfonamides is 1. The summed E-state index contributed by atoms with van der Waals surface area (Å²) in [5.74, 6) is 1.03. The number of nitrogens with two attached hydrogens (primary N) is 1. The van der Waals surface area contributed by atoms with Crippen LogP contribution in [0.25, 0.3) is 11.0 Å². The fraction of sp³-hybridized carbons (Fsp3) is 0.533. The van der Waals surface area contributed by atoms with E-state index in [1.807, 2.05) is 18.2 Å². The fourth-order valence-electron chi connectivity index (χ4n) is 3.31. The van der Waals surface area contributed by atoms with Crippen LogP contribution in [0.4, 0.5) is 0 Å². The molecule has 1 aliphatic rings. The molecule has 0 spiro atoms. The monoisotopic (exact) mass is 322 g/mol. The van der Waals surface area contributed by atoms with Gasteiger partial charge in [0.25, 0.3) is 0 Å². The minimum Gasteiger partial charge on any atom is -0.327 e. The van der Waals surface area contributed by atoms with Gasteiger partial charge in [-0.3, -0.25) is 4.90 Å². The van der Waals surface area contributed by atoms with Gasteiger partial charge in [-0.25, -0.2) is 18.5 Å². The third-order valence-corrected chi connectivity index (χ3v) is 5.08. The number of likely N-dealkylation sites (tertiary alicyclic amines) is 1. The van der Waals surface area contributed by atoms with Crippen molar-refractivity contribution in [2.75, 3.05) is 18.8 Å². The number of aryl methyl sites for hydroxylation is 1. The summed E-state index contributed by atoms with van der Waals surface area (Å²) in [5.41, 5.74) is 2.14. The van der Waals surface area contributed by atoms with Gasteiger partial charge in [0, 0.05) is 13.1 Å². The minimum atomic E-state index is -3.43. The van der Waals surface area contributed by atoms with E-state index in [1.54, 1.807) is 0 Å². The van der Waals surface area contributed by atoms with Gasteiger partial charge in [-0.05, 0) is 38.4 Å². The molecule has 1 saturated heterocycles. The second-order valence-electron chi connectivity index (χ2n) is 5.76. The Bertz CT molecular complexity index is 769. The zero-order chi connectivity index (χ0) is 15.7. The summed E-state index contributed by atoms with van der Waals surface area (Å²) < 4.78 is 24.7. The van der Waals surface area contributed by atoms with Crippen molar-refractivity contribution in [3.8, 4) is 0 Å². The Morgan fingerprint density at radius 2 is 2.14 bits per heavy atom. The summed E-state index contributed by atoms with van der Waals surface area (Å²) in [5, 5.41) is 5.14. The summed E-state index contributed by atoms with van der Waals surface area (Å²) in [7, 11) is -3.43. The topological polar surface area (TPSA) is 81.2 Å². The Morgan fingerprint density at radius 3 is 2.86 bits per heavy atom. The normalized spacial score (nSPS) is 20.0. The molecule has 120 valence electrons. The molecule has 0 amide bonds. The average Bonchev–Trinajstić information content (AvgIpc) is 3.07. The van der Waals surface area contributed by atoms with Crippen molar-refractivity contribution in [1.82, 2.24) is 14.5 Å². The molecule has 2 aromatic rings. The second kappa shape index (κ2) is 5.98. The highest BCUT2D eigenvalue weighted by Gasteiger charge is 2.30. The highest BCUT2D eigenvalue weighted by atomic mass is 32.2. The molecule has 0 saturated carbocycles. The molecule has 0 radical (unpaired) electrons. The number of imidazole rings is 1. The second-order valence-corrected chi connectivity index (χ2v) is 7.50. The summed E-state index contributed by atoms with van der Waals surface area (Å²) >= 11 is 0. The molecule has 7 heteroatoms. The molecule has 6 nitrogen and oxygen atoms in total. The molecule has 22 heavy (non-hydrogen) atoms. The van der Waals surface area contributed by atoms with Crippen LogP contribution < -0.4 is 5.14 Å². The molecule has 2 N–H and O–H groups in total. The standard InChI is InChI=1S/C15H22N4O2S/c1-2-19-13-7-4-3-6-12(13)17-15(19)14-8-5-9-18(14)10-11-22(16,20)21/h3-4,6-7,14H,2,5,8-11H2,1H3,(H2,16,20,21)/t14-/m0/s1. The van der Waals surface area contributed by atoms with Gasteiger partial charge in [-0.15, -0.1) is 0 Å². The summed E-state index contributed by atoms with van der Waals surface area (Å²) in [6.07, 6.45) is 2.07. The molecule has 1 aromatic carbocycles. The van der Waals surface area contributed by atoms with Crippen LogP contribution >= 0.6 is 0 Å². The number of hydrogen-bond acceptors (Lipinski definition) is 4. The first-order valence-electron chi connectivity index (χ1n) is 7.69. The van der Waals surface area contributed by atoms with Crippen molar-refractivity contribution in [3.05, 3.63) is 30.1 Å². The molecule has 0 bridgehead atoms. The molecular formula is C15H22N4O2S. The summed E-state index contributed by atoms with van der Waals surface area (Å²) in [4.78, 5) is 6.99. The van der Waals surface area contributed by atoms with E-state index in [-0.39, 0.29) is 11.8 Å². The van der Waals surface area contributed by atoms with Gasteiger partial charge in [0.1, 0.15) is 5.82 Å². The molecule has 3 rings (SSSR count). The largest absolute Gasteiger partial charge is 0.327 e. The zero-order valence-corrected chi connectivity index (χ0v) is 13.6. The van der Waals surface area contributed by atoms with E-state index in [1.165, 1.54) is 0 Å². The van der Waals surface area contributed by atoms with Crippen LogP contribution in [0.3, 0.4) is 0 Å². The maximum Gasteiger partial charge on any atom is 0.210 e. The third-order valence-electron chi connectivity index (χ3n) is 4.33. The van der Waals surface area contributed by atoms with Crippen LogP contribution in [0, 0.1) is 0 Å². The average molecular weight is 322 g/mol. The van der Waals surface area contributed by atoms with E-state index >= 15 is 0 Å². The Kier molecular flexibility index (Phi) is 4.20. The van der Waals surface area contributed by atoms with Crippen LogP contribution in [-0.4, -0.2) is 41.7 Å². The Balaban J connectivity index is 1.92. The van der Waals surface area contributed by atoms with Gasteiger partial charge in [0.15, 0.2) is 0 Å². The van der Waals surface area contributed by atoms with E-state index < -0.39 is 10.0 Å². The van der Waals surface area contributed by atoms with E-state index in [2.05, 4.69) is 22.5 Å². The number of primary sulfonamides is 1. The molecule has 1 aromatic heterocycles. The lowest BCUT2D eigenvalue weighted by atomic mass is 10.2. The van der Waals surface area contributed by atoms with Crippen molar-refractivity contribution < 1.29 is 8.42 Å². The zero-order valence-electron chi connectivity index (χ0n) is 12.8. The number of benzene rings is 1. The molecule has 0 aliphatic carbocycles. The number of para-hydroxylation sites is 2. The number of aromatic nitrogens is 2. The summed E-state index contributed by atoms with van der Waals surface area (Å²) in [6.45, 7) is 4.33. The number of hydrogen-bond donors (Lipinski definition) is 1. The maximum atomic E-state index is 11.2. The summed E-state index contributed by atoms with van der Waals surface area (Å²) in [6, 6.07) is 8.29. The number of fused-ring (bicyclic) bond motifs is 1. The van der Waals surface area contributed by atoms with Crippen LogP contribution in [-0.2, 0) is 16.6 Å². The van der Waals surface area contributed by atoms with Gasteiger partial charge >= 0.3 is 0 Å². The fourth-order valence-corrected chi connectivity index (χ4v) is 3.80. The predicted molar refractivity (Wildman–Crippen MR) is 86.9 cm³/mol. The highest BCUT2D eigenvalue weighted by molar-refractivity contribution is 7.89. The van der Waals surface area contributed by atoms with Crippen LogP contribution in [0.15, 0.2) is 24.3 Å². The predicted octanol–water partition coefficient (Wildman–Crippen LogP) is 1.48. The van der Waals surface area contributed by atoms with Crippen molar-refractivity contribution in [2.45, 2.75) is 32.4 Å². The lowest BCUT2D eigenvalue weighted by molar-refractivity contribution is 0.258. The smallest absolute Gasteiger partial charge is 0.210 e. The third kappa shape index (κ3) is 3.02. The lowest BCUT2D eigenvalue weighted by Gasteiger charge is -2.24. The van der Waals surface area contributed by atoms with Gasteiger partial charge in [0.05, 0.1) is 22.8 Å². The first kappa shape index (κ1) is 15.5. The van der Waals surface area contributed by atoms with Gasteiger partial charge < -0.3 is 4.57 Å². The molecule has 0 unspecified atom stereocenters. The molecular weight excluding hydrogens is 300 g/mol. The number of rotatable bonds is 5. The van der Waals surface area contributed by atoms with Gasteiger partial charge in [-0.1, -0.05) is 12.1 Å². The first-order valence-corrected chi connectivity index (χ1v) is 9.41. The Morgan fingerprint density at radius 1 is 1.36 bits per heavy atom. The van der Waals surface area contributed by atoms with Crippen LogP contribution in [0.1, 0.15) is 31.6 Å². The Hall–Kier alpha value is -1.44. The van der Waals surface area contributed by atoms with Crippen LogP contribution in [0.5, 0.6) is 0 Å². The quantitative estimate of drug-likeness (QED) is 0.904. The molecule has 1 fully saturated rings. The maximum absolute atomic E-state index is 11.2. The van der Waals surface area contributed by atoms with E-state index in [0.717, 1.165) is 42.8 Å². The highest BCUT2D eigenvalue weighted by Crippen LogP contribution is 2.33. The first-order chi connectivity index (χ1) is 10.5. The van der Waals surface area contributed by atoms with Crippen molar-refractivity contribution in [3.63, 3.8) is 0 Å². The van der Waals surface area contributed by atoms with Gasteiger partial charge in [0.2, 0.25) is 10.0 Å². The van der Waals surface area contributed by atoms with Crippen molar-refractivity contribution in [1.29, 1.82) is 0 Å². The SMILES string of the molecule is CCn1c([C@@H]2CCCN2CCS(N)(=O)=O)nc2ccccc21. The lowest BCUT2D eigenvalue weighted by Crippen LogP contribution is -2.32. The van der Waals surface area contributed by atoms with Gasteiger partial charge in [-0.2, -0.15) is 0 Å². The van der Waals surface area contributed by atoms with E-state index in [0.29, 0.717) is 6.54 Å². The minimum absolute atomic E-state index is 0.00411. The molecule has 1 atom stereocenters. The van der Waals surface area contributed by atoms with E-state index in [4.69, 9.17) is 10.1 Å². The Labute approximate surface area is 131 Å². The van der Waals surface area contributed by atoms with Crippen molar-refractivity contribution in [2.24, 2.45) is 5.14 Å². The van der Waals surface area contributed by atoms with Crippen LogP contribution in [0.2, 0.25) is 0 Å².